The maximum Gasteiger partial charge on any atom is 0.338 e. The van der Waals surface area contributed by atoms with E-state index in [-0.39, 0.29) is 16.1 Å². The van der Waals surface area contributed by atoms with Crippen molar-refractivity contribution in [2.75, 3.05) is 6.61 Å². The van der Waals surface area contributed by atoms with Crippen LogP contribution < -0.4 is 5.11 Å². The van der Waals surface area contributed by atoms with Gasteiger partial charge in [-0.3, -0.25) is 15.1 Å². The van der Waals surface area contributed by atoms with Crippen LogP contribution in [0.2, 0.25) is 5.02 Å². The summed E-state index contributed by atoms with van der Waals surface area (Å²) in [4.78, 5) is 26.5. The first-order valence-corrected chi connectivity index (χ1v) is 9.11. The number of hydrogen-bond donors (Lipinski definition) is 0. The first-order chi connectivity index (χ1) is 13.3. The molecule has 0 amide bonds. The largest absolute Gasteiger partial charge is 0.867 e. The number of hydrogen-bond acceptors (Lipinski definition) is 6. The Morgan fingerprint density at radius 2 is 1.89 bits per heavy atom. The van der Waals surface area contributed by atoms with E-state index in [9.17, 15) is 20.0 Å². The van der Waals surface area contributed by atoms with E-state index in [0.29, 0.717) is 23.4 Å². The summed E-state index contributed by atoms with van der Waals surface area (Å²) in [5.41, 5.74) is 0.937. The number of ether oxygens (including phenoxy) is 1. The number of carbonyl (C=O) groups excluding carboxylic acids is 1. The van der Waals surface area contributed by atoms with Gasteiger partial charge in [0.05, 0.1) is 27.8 Å². The average Bonchev–Trinajstić information content (AvgIpc) is 2.66. The predicted molar refractivity (Wildman–Crippen MR) is 106 cm³/mol. The van der Waals surface area contributed by atoms with E-state index in [0.717, 1.165) is 12.8 Å². The molecule has 7 nitrogen and oxygen atoms in total. The summed E-state index contributed by atoms with van der Waals surface area (Å²) in [6, 6.07) is 6.32. The Bertz CT molecular complexity index is 923. The molecule has 0 heterocycles. The Kier molecular flexibility index (Phi) is 7.12. The summed E-state index contributed by atoms with van der Waals surface area (Å²) < 4.78 is 5.13. The highest BCUT2D eigenvalue weighted by atomic mass is 35.5. The first-order valence-electron chi connectivity index (χ1n) is 8.73. The van der Waals surface area contributed by atoms with Gasteiger partial charge in [-0.15, -0.1) is 0 Å². The average molecular weight is 404 g/mol. The predicted octanol–water partition coefficient (Wildman–Crippen LogP) is 4.65. The fourth-order valence-corrected chi connectivity index (χ4v) is 2.75. The topological polar surface area (TPSA) is 105 Å². The lowest BCUT2D eigenvalue weighted by Crippen LogP contribution is -2.07. The van der Waals surface area contributed by atoms with Crippen LogP contribution >= 0.6 is 11.6 Å². The van der Waals surface area contributed by atoms with Gasteiger partial charge in [0.15, 0.2) is 0 Å². The maximum absolute atomic E-state index is 12.4. The molecule has 2 rings (SSSR count). The van der Waals surface area contributed by atoms with Crippen LogP contribution in [0, 0.1) is 24.0 Å². The van der Waals surface area contributed by atoms with Gasteiger partial charge in [-0.2, -0.15) is 0 Å². The highest BCUT2D eigenvalue weighted by molar-refractivity contribution is 6.33. The van der Waals surface area contributed by atoms with E-state index in [4.69, 9.17) is 16.3 Å². The summed E-state index contributed by atoms with van der Waals surface area (Å²) in [6.45, 7) is 5.42. The van der Waals surface area contributed by atoms with E-state index in [1.165, 1.54) is 13.1 Å². The zero-order chi connectivity index (χ0) is 20.8. The number of nitrogens with zero attached hydrogens (tertiary/aromatic N) is 2. The van der Waals surface area contributed by atoms with Gasteiger partial charge >= 0.3 is 5.97 Å². The monoisotopic (exact) mass is 403 g/mol. The minimum atomic E-state index is -0.737. The molecule has 0 radical (unpaired) electrons. The number of carbonyl (C=O) groups is 1. The van der Waals surface area contributed by atoms with Gasteiger partial charge in [-0.25, -0.2) is 4.79 Å². The number of halogens is 1. The minimum absolute atomic E-state index is 0.0605. The second kappa shape index (κ2) is 9.32. The third kappa shape index (κ3) is 4.67. The van der Waals surface area contributed by atoms with Crippen molar-refractivity contribution >= 4 is 35.2 Å². The van der Waals surface area contributed by atoms with Crippen LogP contribution in [-0.2, 0) is 4.74 Å². The van der Waals surface area contributed by atoms with Gasteiger partial charge in [-0.1, -0.05) is 24.9 Å². The molecular formula is C20H20ClN2O5-. The van der Waals surface area contributed by atoms with Crippen molar-refractivity contribution in [2.45, 2.75) is 33.6 Å². The van der Waals surface area contributed by atoms with Gasteiger partial charge in [0.25, 0.3) is 5.69 Å². The Labute approximate surface area is 167 Å². The number of aliphatic imine (C=N–C) groups is 1. The van der Waals surface area contributed by atoms with Crippen molar-refractivity contribution in [3.63, 3.8) is 0 Å². The number of nitro groups is 1. The van der Waals surface area contributed by atoms with Crippen LogP contribution in [0.4, 0.5) is 11.4 Å². The number of rotatable bonds is 7. The van der Waals surface area contributed by atoms with E-state index in [1.54, 1.807) is 31.2 Å². The molecule has 0 aromatic heterocycles. The molecule has 0 N–H and O–H groups in total. The second-order valence-electron chi connectivity index (χ2n) is 6.21. The fourth-order valence-electron chi connectivity index (χ4n) is 2.56. The van der Waals surface area contributed by atoms with E-state index in [2.05, 4.69) is 4.99 Å². The highest BCUT2D eigenvalue weighted by Gasteiger charge is 2.20. The molecule has 0 bridgehead atoms. The zero-order valence-corrected chi connectivity index (χ0v) is 16.6. The highest BCUT2D eigenvalue weighted by Crippen LogP contribution is 2.38. The smallest absolute Gasteiger partial charge is 0.338 e. The summed E-state index contributed by atoms with van der Waals surface area (Å²) in [5, 5.41) is 23.8. The Morgan fingerprint density at radius 1 is 1.25 bits per heavy atom. The third-order valence-corrected chi connectivity index (χ3v) is 4.80. The standard InChI is InChI=1S/C20H21ClN2O5/c1-4-5-10-28-20(25)14-6-8-15(9-7-14)22-11-16-12(2)17(21)13(3)18(19(16)24)23(26)27/h6-9,11,24H,4-5,10H2,1-3H3/p-1. The lowest BCUT2D eigenvalue weighted by atomic mass is 10.0. The van der Waals surface area contributed by atoms with E-state index >= 15 is 0 Å². The van der Waals surface area contributed by atoms with Crippen LogP contribution in [0.1, 0.15) is 46.8 Å². The molecule has 0 unspecified atom stereocenters. The quantitative estimate of drug-likeness (QED) is 0.220. The van der Waals surface area contributed by atoms with Crippen LogP contribution in [0.25, 0.3) is 0 Å². The lowest BCUT2D eigenvalue weighted by Gasteiger charge is -2.17. The lowest BCUT2D eigenvalue weighted by molar-refractivity contribution is -0.398. The molecule has 0 aliphatic carbocycles. The molecule has 148 valence electrons. The number of unbranched alkanes of at least 4 members (excludes halogenated alkanes) is 1. The molecule has 0 saturated heterocycles. The first kappa shape index (κ1) is 21.4. The number of esters is 1. The third-order valence-electron chi connectivity index (χ3n) is 4.24. The van der Waals surface area contributed by atoms with Crippen LogP contribution in [0.3, 0.4) is 0 Å². The maximum atomic E-state index is 12.4. The van der Waals surface area contributed by atoms with Gasteiger partial charge in [-0.05, 0) is 61.4 Å². The number of benzene rings is 2. The molecule has 0 spiro atoms. The Balaban J connectivity index is 2.27. The molecule has 8 heteroatoms. The Hall–Kier alpha value is -2.93. The van der Waals surface area contributed by atoms with Gasteiger partial charge in [0.2, 0.25) is 0 Å². The van der Waals surface area contributed by atoms with Crippen LogP contribution in [0.15, 0.2) is 29.3 Å². The van der Waals surface area contributed by atoms with Crippen LogP contribution in [0.5, 0.6) is 5.75 Å². The van der Waals surface area contributed by atoms with Gasteiger partial charge < -0.3 is 9.84 Å². The van der Waals surface area contributed by atoms with Crippen molar-refractivity contribution in [3.8, 4) is 5.75 Å². The molecule has 0 aliphatic rings. The molecule has 0 atom stereocenters. The minimum Gasteiger partial charge on any atom is -0.867 e. The Morgan fingerprint density at radius 3 is 2.46 bits per heavy atom. The van der Waals surface area contributed by atoms with Crippen molar-refractivity contribution in [1.29, 1.82) is 0 Å². The molecule has 28 heavy (non-hydrogen) atoms. The van der Waals surface area contributed by atoms with Crippen LogP contribution in [-0.4, -0.2) is 23.7 Å². The summed E-state index contributed by atoms with van der Waals surface area (Å²) >= 11 is 6.14. The summed E-state index contributed by atoms with van der Waals surface area (Å²) in [6.07, 6.45) is 2.99. The van der Waals surface area contributed by atoms with Gasteiger partial charge in [0, 0.05) is 11.8 Å². The van der Waals surface area contributed by atoms with Gasteiger partial charge in [0.1, 0.15) is 0 Å². The summed E-state index contributed by atoms with van der Waals surface area (Å²) in [7, 11) is 0. The molecule has 0 fully saturated rings. The number of nitro benzene ring substituents is 1. The second-order valence-corrected chi connectivity index (χ2v) is 6.59. The SMILES string of the molecule is CCCCOC(=O)c1ccc(N=Cc2c(C)c(Cl)c(C)c([N+](=O)[O-])c2[O-])cc1. The molecule has 2 aromatic carbocycles. The molecule has 0 aliphatic heterocycles. The normalized spacial score (nSPS) is 11.0. The van der Waals surface area contributed by atoms with Crippen molar-refractivity contribution < 1.29 is 19.6 Å². The summed E-state index contributed by atoms with van der Waals surface area (Å²) in [5.74, 6) is -1.15. The zero-order valence-electron chi connectivity index (χ0n) is 15.8. The fraction of sp³-hybridized carbons (Fsp3) is 0.300. The van der Waals surface area contributed by atoms with Crippen molar-refractivity contribution in [3.05, 3.63) is 61.7 Å². The molecule has 0 saturated carbocycles. The van der Waals surface area contributed by atoms with E-state index < -0.39 is 22.3 Å². The van der Waals surface area contributed by atoms with Crippen molar-refractivity contribution in [1.82, 2.24) is 0 Å². The van der Waals surface area contributed by atoms with E-state index in [1.807, 2.05) is 6.92 Å². The molecule has 2 aromatic rings. The van der Waals surface area contributed by atoms with Crippen molar-refractivity contribution in [2.24, 2.45) is 4.99 Å². The molecular weight excluding hydrogens is 384 g/mol.